The van der Waals surface area contributed by atoms with Crippen molar-refractivity contribution in [3.05, 3.63) is 34.9 Å². The minimum absolute atomic E-state index is 0.340. The SMILES string of the molecule is Cc1cc(C(=O)O)ccc1COC1CCCC(C)C1. The van der Waals surface area contributed by atoms with Crippen molar-refractivity contribution in [1.82, 2.24) is 0 Å². The van der Waals surface area contributed by atoms with Gasteiger partial charge in [-0.15, -0.1) is 0 Å². The average Bonchev–Trinajstić information content (AvgIpc) is 2.37. The lowest BCUT2D eigenvalue weighted by Gasteiger charge is -2.27. The number of rotatable bonds is 4. The van der Waals surface area contributed by atoms with Gasteiger partial charge in [-0.3, -0.25) is 0 Å². The molecular weight excluding hydrogens is 240 g/mol. The molecule has 1 N–H and O–H groups in total. The van der Waals surface area contributed by atoms with Crippen LogP contribution in [0.1, 0.15) is 54.1 Å². The predicted molar refractivity (Wildman–Crippen MR) is 74.3 cm³/mol. The van der Waals surface area contributed by atoms with Crippen molar-refractivity contribution in [1.29, 1.82) is 0 Å². The quantitative estimate of drug-likeness (QED) is 0.898. The van der Waals surface area contributed by atoms with Gasteiger partial charge in [0.25, 0.3) is 0 Å². The summed E-state index contributed by atoms with van der Waals surface area (Å²) < 4.78 is 5.97. The van der Waals surface area contributed by atoms with E-state index in [2.05, 4.69) is 6.92 Å². The summed E-state index contributed by atoms with van der Waals surface area (Å²) in [4.78, 5) is 10.9. The summed E-state index contributed by atoms with van der Waals surface area (Å²) in [6, 6.07) is 5.23. The number of aromatic carboxylic acids is 1. The first-order chi connectivity index (χ1) is 9.06. The van der Waals surface area contributed by atoms with E-state index in [0.29, 0.717) is 18.3 Å². The molecule has 2 rings (SSSR count). The molecule has 0 amide bonds. The third kappa shape index (κ3) is 3.80. The van der Waals surface area contributed by atoms with Crippen LogP contribution in [0.25, 0.3) is 0 Å². The molecule has 1 aliphatic carbocycles. The van der Waals surface area contributed by atoms with Crippen molar-refractivity contribution in [2.24, 2.45) is 5.92 Å². The average molecular weight is 262 g/mol. The topological polar surface area (TPSA) is 46.5 Å². The number of carbonyl (C=O) groups is 1. The van der Waals surface area contributed by atoms with Gasteiger partial charge in [-0.05, 0) is 48.9 Å². The van der Waals surface area contributed by atoms with E-state index >= 15 is 0 Å². The van der Waals surface area contributed by atoms with Gasteiger partial charge in [0, 0.05) is 0 Å². The van der Waals surface area contributed by atoms with Crippen molar-refractivity contribution < 1.29 is 14.6 Å². The third-order valence-electron chi connectivity index (χ3n) is 3.95. The van der Waals surface area contributed by atoms with E-state index in [0.717, 1.165) is 29.9 Å². The number of carboxylic acids is 1. The molecule has 2 atom stereocenters. The van der Waals surface area contributed by atoms with Crippen LogP contribution in [-0.4, -0.2) is 17.2 Å². The molecule has 0 heterocycles. The van der Waals surface area contributed by atoms with Crippen LogP contribution in [0.3, 0.4) is 0 Å². The number of hydrogen-bond donors (Lipinski definition) is 1. The zero-order chi connectivity index (χ0) is 13.8. The molecule has 0 bridgehead atoms. The third-order valence-corrected chi connectivity index (χ3v) is 3.95. The largest absolute Gasteiger partial charge is 0.478 e. The molecule has 1 aromatic rings. The van der Waals surface area contributed by atoms with E-state index in [1.165, 1.54) is 12.8 Å². The first-order valence-electron chi connectivity index (χ1n) is 7.00. The molecule has 1 fully saturated rings. The van der Waals surface area contributed by atoms with Crippen LogP contribution in [0.4, 0.5) is 0 Å². The first kappa shape index (κ1) is 14.1. The number of ether oxygens (including phenoxy) is 1. The second-order valence-corrected chi connectivity index (χ2v) is 5.65. The van der Waals surface area contributed by atoms with Gasteiger partial charge in [0.05, 0.1) is 18.3 Å². The van der Waals surface area contributed by atoms with E-state index in [4.69, 9.17) is 9.84 Å². The van der Waals surface area contributed by atoms with Crippen molar-refractivity contribution in [2.75, 3.05) is 0 Å². The Labute approximate surface area is 114 Å². The van der Waals surface area contributed by atoms with E-state index in [1.54, 1.807) is 12.1 Å². The van der Waals surface area contributed by atoms with Crippen molar-refractivity contribution in [2.45, 2.75) is 52.2 Å². The smallest absolute Gasteiger partial charge is 0.335 e. The molecule has 0 radical (unpaired) electrons. The van der Waals surface area contributed by atoms with Crippen LogP contribution < -0.4 is 0 Å². The van der Waals surface area contributed by atoms with Gasteiger partial charge >= 0.3 is 5.97 Å². The van der Waals surface area contributed by atoms with Crippen LogP contribution in [0.15, 0.2) is 18.2 Å². The fourth-order valence-electron chi connectivity index (χ4n) is 2.73. The normalized spacial score (nSPS) is 23.3. The molecular formula is C16H22O3. The Morgan fingerprint density at radius 1 is 1.42 bits per heavy atom. The van der Waals surface area contributed by atoms with Gasteiger partial charge < -0.3 is 9.84 Å². The zero-order valence-electron chi connectivity index (χ0n) is 11.7. The van der Waals surface area contributed by atoms with Crippen LogP contribution in [0, 0.1) is 12.8 Å². The molecule has 3 heteroatoms. The maximum absolute atomic E-state index is 10.9. The number of hydrogen-bond acceptors (Lipinski definition) is 2. The predicted octanol–water partition coefficient (Wildman–Crippen LogP) is 3.79. The van der Waals surface area contributed by atoms with Crippen LogP contribution in [0.2, 0.25) is 0 Å². The molecule has 0 spiro atoms. The number of benzene rings is 1. The van der Waals surface area contributed by atoms with Gasteiger partial charge in [0.2, 0.25) is 0 Å². The van der Waals surface area contributed by atoms with Crippen LogP contribution in [0.5, 0.6) is 0 Å². The second-order valence-electron chi connectivity index (χ2n) is 5.65. The van der Waals surface area contributed by atoms with Crippen molar-refractivity contribution in [3.8, 4) is 0 Å². The van der Waals surface area contributed by atoms with Gasteiger partial charge in [0.15, 0.2) is 0 Å². The molecule has 104 valence electrons. The van der Waals surface area contributed by atoms with Gasteiger partial charge in [-0.2, -0.15) is 0 Å². The van der Waals surface area contributed by atoms with E-state index in [9.17, 15) is 4.79 Å². The lowest BCUT2D eigenvalue weighted by atomic mass is 9.89. The minimum atomic E-state index is -0.878. The monoisotopic (exact) mass is 262 g/mol. The Balaban J connectivity index is 1.94. The van der Waals surface area contributed by atoms with Gasteiger partial charge in [-0.1, -0.05) is 25.8 Å². The first-order valence-corrected chi connectivity index (χ1v) is 7.00. The second kappa shape index (κ2) is 6.20. The van der Waals surface area contributed by atoms with Crippen LogP contribution >= 0.6 is 0 Å². The van der Waals surface area contributed by atoms with Crippen molar-refractivity contribution >= 4 is 5.97 Å². The van der Waals surface area contributed by atoms with E-state index in [1.807, 2.05) is 13.0 Å². The van der Waals surface area contributed by atoms with E-state index < -0.39 is 5.97 Å². The Kier molecular flexibility index (Phi) is 4.59. The molecule has 1 saturated carbocycles. The van der Waals surface area contributed by atoms with Gasteiger partial charge in [-0.25, -0.2) is 4.79 Å². The highest BCUT2D eigenvalue weighted by Gasteiger charge is 2.19. The summed E-state index contributed by atoms with van der Waals surface area (Å²) in [5, 5.41) is 8.93. The maximum atomic E-state index is 10.9. The maximum Gasteiger partial charge on any atom is 0.335 e. The van der Waals surface area contributed by atoms with Crippen LogP contribution in [-0.2, 0) is 11.3 Å². The fraction of sp³-hybridized carbons (Fsp3) is 0.562. The molecule has 0 aromatic heterocycles. The highest BCUT2D eigenvalue weighted by molar-refractivity contribution is 5.87. The number of aryl methyl sites for hydroxylation is 1. The Morgan fingerprint density at radius 2 is 2.21 bits per heavy atom. The summed E-state index contributed by atoms with van der Waals surface area (Å²) in [5.74, 6) is -0.120. The molecule has 0 aliphatic heterocycles. The highest BCUT2D eigenvalue weighted by Crippen LogP contribution is 2.26. The standard InChI is InChI=1S/C16H22O3/c1-11-4-3-5-15(8-11)19-10-14-7-6-13(16(17)18)9-12(14)2/h6-7,9,11,15H,3-5,8,10H2,1-2H3,(H,17,18). The minimum Gasteiger partial charge on any atom is -0.478 e. The molecule has 1 aliphatic rings. The van der Waals surface area contributed by atoms with Crippen molar-refractivity contribution in [3.63, 3.8) is 0 Å². The summed E-state index contributed by atoms with van der Waals surface area (Å²) in [6.07, 6.45) is 5.22. The highest BCUT2D eigenvalue weighted by atomic mass is 16.5. The fourth-order valence-corrected chi connectivity index (χ4v) is 2.73. The summed E-state index contributed by atoms with van der Waals surface area (Å²) in [6.45, 7) is 4.81. The lowest BCUT2D eigenvalue weighted by Crippen LogP contribution is -2.21. The molecule has 19 heavy (non-hydrogen) atoms. The van der Waals surface area contributed by atoms with Gasteiger partial charge in [0.1, 0.15) is 0 Å². The summed E-state index contributed by atoms with van der Waals surface area (Å²) in [5.41, 5.74) is 2.42. The molecule has 2 unspecified atom stereocenters. The summed E-state index contributed by atoms with van der Waals surface area (Å²) >= 11 is 0. The lowest BCUT2D eigenvalue weighted by molar-refractivity contribution is 0.00445. The zero-order valence-corrected chi connectivity index (χ0v) is 11.7. The molecule has 1 aromatic carbocycles. The molecule has 0 saturated heterocycles. The Morgan fingerprint density at radius 3 is 2.84 bits per heavy atom. The summed E-state index contributed by atoms with van der Waals surface area (Å²) in [7, 11) is 0. The van der Waals surface area contributed by atoms with E-state index in [-0.39, 0.29) is 0 Å². The Bertz CT molecular complexity index is 453. The Hall–Kier alpha value is -1.35. The number of carboxylic acid groups (broad SMARTS) is 1. The molecule has 3 nitrogen and oxygen atoms in total.